The van der Waals surface area contributed by atoms with E-state index in [-0.39, 0.29) is 11.9 Å². The molecule has 1 heterocycles. The van der Waals surface area contributed by atoms with Crippen LogP contribution >= 0.6 is 0 Å². The number of methoxy groups -OCH3 is 2. The number of anilines is 1. The Kier molecular flexibility index (Phi) is 4.71. The van der Waals surface area contributed by atoms with Gasteiger partial charge in [-0.05, 0) is 36.1 Å². The SMILES string of the molecule is COc1cc(C)c(NC(=O)C2Cc3ccccc3CN2)cc1OC. The molecule has 2 aromatic carbocycles. The molecule has 0 saturated heterocycles. The van der Waals surface area contributed by atoms with Gasteiger partial charge in [-0.1, -0.05) is 24.3 Å². The summed E-state index contributed by atoms with van der Waals surface area (Å²) in [5.74, 6) is 1.21. The summed E-state index contributed by atoms with van der Waals surface area (Å²) in [6, 6.07) is 11.6. The molecule has 24 heavy (non-hydrogen) atoms. The predicted octanol–water partition coefficient (Wildman–Crippen LogP) is 2.67. The molecule has 0 bridgehead atoms. The maximum Gasteiger partial charge on any atom is 0.241 e. The molecule has 2 aromatic rings. The quantitative estimate of drug-likeness (QED) is 0.907. The van der Waals surface area contributed by atoms with Crippen LogP contribution in [0.5, 0.6) is 11.5 Å². The third-order valence-corrected chi connectivity index (χ3v) is 4.39. The molecular weight excluding hydrogens is 304 g/mol. The number of nitrogens with one attached hydrogen (secondary N) is 2. The van der Waals surface area contributed by atoms with E-state index in [0.29, 0.717) is 24.5 Å². The predicted molar refractivity (Wildman–Crippen MR) is 93.7 cm³/mol. The fourth-order valence-electron chi connectivity index (χ4n) is 2.97. The number of hydrogen-bond acceptors (Lipinski definition) is 4. The maximum atomic E-state index is 12.6. The highest BCUT2D eigenvalue weighted by atomic mass is 16.5. The molecule has 0 fully saturated rings. The van der Waals surface area contributed by atoms with Gasteiger partial charge in [0.25, 0.3) is 0 Å². The van der Waals surface area contributed by atoms with Gasteiger partial charge in [-0.15, -0.1) is 0 Å². The first kappa shape index (κ1) is 16.3. The third-order valence-electron chi connectivity index (χ3n) is 4.39. The number of hydrogen-bond donors (Lipinski definition) is 2. The molecule has 5 heteroatoms. The first-order chi connectivity index (χ1) is 11.6. The Labute approximate surface area is 142 Å². The number of carbonyl (C=O) groups excluding carboxylic acids is 1. The molecule has 1 atom stereocenters. The molecule has 1 amide bonds. The average molecular weight is 326 g/mol. The molecule has 0 aliphatic carbocycles. The van der Waals surface area contributed by atoms with Crippen LogP contribution in [0.4, 0.5) is 5.69 Å². The summed E-state index contributed by atoms with van der Waals surface area (Å²) in [5, 5.41) is 6.30. The van der Waals surface area contributed by atoms with E-state index in [1.54, 1.807) is 20.3 Å². The highest BCUT2D eigenvalue weighted by Crippen LogP contribution is 2.33. The number of benzene rings is 2. The van der Waals surface area contributed by atoms with Crippen LogP contribution in [-0.4, -0.2) is 26.2 Å². The maximum absolute atomic E-state index is 12.6. The fourth-order valence-corrected chi connectivity index (χ4v) is 2.97. The van der Waals surface area contributed by atoms with Crippen molar-refractivity contribution in [1.29, 1.82) is 0 Å². The van der Waals surface area contributed by atoms with Crippen molar-refractivity contribution < 1.29 is 14.3 Å². The van der Waals surface area contributed by atoms with Gasteiger partial charge in [0.05, 0.1) is 20.3 Å². The van der Waals surface area contributed by atoms with Crippen molar-refractivity contribution in [2.24, 2.45) is 0 Å². The average Bonchev–Trinajstić information content (AvgIpc) is 2.62. The molecule has 0 radical (unpaired) electrons. The lowest BCUT2D eigenvalue weighted by Gasteiger charge is -2.25. The molecule has 1 unspecified atom stereocenters. The second-order valence-electron chi connectivity index (χ2n) is 5.92. The first-order valence-corrected chi connectivity index (χ1v) is 7.96. The molecule has 126 valence electrons. The van der Waals surface area contributed by atoms with Crippen LogP contribution in [0.15, 0.2) is 36.4 Å². The standard InChI is InChI=1S/C19H22N2O3/c1-12-8-17(23-2)18(24-3)10-15(12)21-19(22)16-9-13-6-4-5-7-14(13)11-20-16/h4-8,10,16,20H,9,11H2,1-3H3,(H,21,22). The van der Waals surface area contributed by atoms with Gasteiger partial charge in [0.2, 0.25) is 5.91 Å². The fraction of sp³-hybridized carbons (Fsp3) is 0.316. The largest absolute Gasteiger partial charge is 0.493 e. The molecular formula is C19H22N2O3. The normalized spacial score (nSPS) is 16.2. The lowest BCUT2D eigenvalue weighted by molar-refractivity contribution is -0.118. The number of amides is 1. The lowest BCUT2D eigenvalue weighted by atomic mass is 9.95. The molecule has 0 aromatic heterocycles. The van der Waals surface area contributed by atoms with Gasteiger partial charge in [-0.3, -0.25) is 4.79 Å². The highest BCUT2D eigenvalue weighted by molar-refractivity contribution is 5.96. The zero-order valence-corrected chi connectivity index (χ0v) is 14.2. The van der Waals surface area contributed by atoms with Gasteiger partial charge >= 0.3 is 0 Å². The number of ether oxygens (including phenoxy) is 2. The van der Waals surface area contributed by atoms with Gasteiger partial charge in [0.15, 0.2) is 11.5 Å². The van der Waals surface area contributed by atoms with Crippen LogP contribution in [0.2, 0.25) is 0 Å². The van der Waals surface area contributed by atoms with Crippen molar-refractivity contribution in [2.75, 3.05) is 19.5 Å². The van der Waals surface area contributed by atoms with E-state index in [1.165, 1.54) is 11.1 Å². The van der Waals surface area contributed by atoms with E-state index in [4.69, 9.17) is 9.47 Å². The van der Waals surface area contributed by atoms with Crippen molar-refractivity contribution in [3.8, 4) is 11.5 Å². The van der Waals surface area contributed by atoms with Gasteiger partial charge < -0.3 is 20.1 Å². The minimum absolute atomic E-state index is 0.0418. The summed E-state index contributed by atoms with van der Waals surface area (Å²) in [7, 11) is 3.18. The van der Waals surface area contributed by atoms with Gasteiger partial charge in [-0.25, -0.2) is 0 Å². The Morgan fingerprint density at radius 2 is 1.79 bits per heavy atom. The second kappa shape index (κ2) is 6.93. The Hall–Kier alpha value is -2.53. The summed E-state index contributed by atoms with van der Waals surface area (Å²) < 4.78 is 10.6. The number of rotatable bonds is 4. The van der Waals surface area contributed by atoms with Crippen LogP contribution in [0, 0.1) is 6.92 Å². The van der Waals surface area contributed by atoms with Gasteiger partial charge in [0, 0.05) is 18.3 Å². The minimum Gasteiger partial charge on any atom is -0.493 e. The Morgan fingerprint density at radius 1 is 1.12 bits per heavy atom. The summed E-state index contributed by atoms with van der Waals surface area (Å²) in [6.45, 7) is 2.64. The van der Waals surface area contributed by atoms with Crippen LogP contribution < -0.4 is 20.1 Å². The van der Waals surface area contributed by atoms with E-state index in [1.807, 2.05) is 25.1 Å². The van der Waals surface area contributed by atoms with E-state index in [2.05, 4.69) is 22.8 Å². The Bertz CT molecular complexity index is 758. The van der Waals surface area contributed by atoms with E-state index in [9.17, 15) is 4.79 Å². The summed E-state index contributed by atoms with van der Waals surface area (Å²) in [5.41, 5.74) is 4.14. The van der Waals surface area contributed by atoms with Gasteiger partial charge in [0.1, 0.15) is 0 Å². The molecule has 0 spiro atoms. The van der Waals surface area contributed by atoms with E-state index >= 15 is 0 Å². The van der Waals surface area contributed by atoms with E-state index in [0.717, 1.165) is 11.3 Å². The van der Waals surface area contributed by atoms with E-state index < -0.39 is 0 Å². The van der Waals surface area contributed by atoms with Gasteiger partial charge in [-0.2, -0.15) is 0 Å². The minimum atomic E-state index is -0.243. The molecule has 0 saturated carbocycles. The monoisotopic (exact) mass is 326 g/mol. The molecule has 1 aliphatic heterocycles. The molecule has 1 aliphatic rings. The van der Waals surface area contributed by atoms with Crippen molar-refractivity contribution in [3.05, 3.63) is 53.1 Å². The van der Waals surface area contributed by atoms with Crippen LogP contribution in [0.1, 0.15) is 16.7 Å². The number of carbonyl (C=O) groups is 1. The number of aryl methyl sites for hydroxylation is 1. The Morgan fingerprint density at radius 3 is 2.50 bits per heavy atom. The lowest BCUT2D eigenvalue weighted by Crippen LogP contribution is -2.44. The van der Waals surface area contributed by atoms with Crippen LogP contribution in [-0.2, 0) is 17.8 Å². The topological polar surface area (TPSA) is 59.6 Å². The van der Waals surface area contributed by atoms with Crippen LogP contribution in [0.3, 0.4) is 0 Å². The van der Waals surface area contributed by atoms with Crippen LogP contribution in [0.25, 0.3) is 0 Å². The second-order valence-corrected chi connectivity index (χ2v) is 5.92. The van der Waals surface area contributed by atoms with Crippen molar-refractivity contribution in [2.45, 2.75) is 25.9 Å². The highest BCUT2D eigenvalue weighted by Gasteiger charge is 2.24. The Balaban J connectivity index is 1.76. The molecule has 2 N–H and O–H groups in total. The summed E-state index contributed by atoms with van der Waals surface area (Å²) in [4.78, 5) is 12.6. The zero-order chi connectivity index (χ0) is 17.1. The third kappa shape index (κ3) is 3.21. The van der Waals surface area contributed by atoms with Crippen molar-refractivity contribution in [1.82, 2.24) is 5.32 Å². The smallest absolute Gasteiger partial charge is 0.241 e. The molecule has 3 rings (SSSR count). The summed E-state index contributed by atoms with van der Waals surface area (Å²) in [6.07, 6.45) is 0.689. The molecule has 5 nitrogen and oxygen atoms in total. The van der Waals surface area contributed by atoms with Crippen molar-refractivity contribution in [3.63, 3.8) is 0 Å². The zero-order valence-electron chi connectivity index (χ0n) is 14.2. The van der Waals surface area contributed by atoms with Crippen molar-refractivity contribution >= 4 is 11.6 Å². The number of fused-ring (bicyclic) bond motifs is 1. The first-order valence-electron chi connectivity index (χ1n) is 7.96. The summed E-state index contributed by atoms with van der Waals surface area (Å²) >= 11 is 0.